The van der Waals surface area contributed by atoms with Crippen LogP contribution in [0, 0.1) is 5.92 Å². The molecule has 0 aliphatic heterocycles. The van der Waals surface area contributed by atoms with E-state index in [-0.39, 0.29) is 0 Å². The van der Waals surface area contributed by atoms with E-state index < -0.39 is 11.5 Å². The molecule has 0 bridgehead atoms. The summed E-state index contributed by atoms with van der Waals surface area (Å²) in [6.45, 7) is 9.47. The number of carboxylic acid groups (broad SMARTS) is 1. The van der Waals surface area contributed by atoms with Crippen LogP contribution >= 0.6 is 0 Å². The van der Waals surface area contributed by atoms with Crippen molar-refractivity contribution in [2.24, 2.45) is 5.92 Å². The highest BCUT2D eigenvalue weighted by molar-refractivity contribution is 5.80. The number of rotatable bonds is 9. The van der Waals surface area contributed by atoms with Gasteiger partial charge in [-0.2, -0.15) is 0 Å². The number of likely N-dealkylation sites (N-methyl/N-ethyl adjacent to an activating group) is 1. The monoisotopic (exact) mass is 242 g/mol. The zero-order valence-electron chi connectivity index (χ0n) is 11.3. The molecule has 4 heteroatoms. The Hall–Kier alpha value is -0.610. The van der Waals surface area contributed by atoms with E-state index in [2.05, 4.69) is 31.0 Å². The van der Waals surface area contributed by atoms with Crippen LogP contribution in [-0.2, 0) is 4.79 Å². The lowest BCUT2D eigenvalue weighted by Crippen LogP contribution is -2.61. The highest BCUT2D eigenvalue weighted by Gasteiger charge is 2.51. The summed E-state index contributed by atoms with van der Waals surface area (Å²) >= 11 is 0. The van der Waals surface area contributed by atoms with Gasteiger partial charge in [0.25, 0.3) is 0 Å². The minimum Gasteiger partial charge on any atom is -0.480 e. The van der Waals surface area contributed by atoms with Gasteiger partial charge < -0.3 is 15.3 Å². The van der Waals surface area contributed by atoms with Gasteiger partial charge in [0.05, 0.1) is 0 Å². The number of aliphatic carboxylic acids is 1. The van der Waals surface area contributed by atoms with E-state index >= 15 is 0 Å². The fourth-order valence-corrected chi connectivity index (χ4v) is 2.37. The van der Waals surface area contributed by atoms with Gasteiger partial charge in [-0.1, -0.05) is 20.8 Å². The van der Waals surface area contributed by atoms with Crippen molar-refractivity contribution in [2.45, 2.75) is 45.6 Å². The fraction of sp³-hybridized carbons (Fsp3) is 0.923. The molecule has 17 heavy (non-hydrogen) atoms. The summed E-state index contributed by atoms with van der Waals surface area (Å²) in [6, 6.07) is 0. The number of hydrogen-bond acceptors (Lipinski definition) is 3. The van der Waals surface area contributed by atoms with E-state index in [1.54, 1.807) is 0 Å². The maximum Gasteiger partial charge on any atom is 0.325 e. The molecule has 1 unspecified atom stereocenters. The first-order chi connectivity index (χ1) is 8.10. The molecule has 0 radical (unpaired) electrons. The van der Waals surface area contributed by atoms with Crippen molar-refractivity contribution in [3.05, 3.63) is 0 Å². The third-order valence-electron chi connectivity index (χ3n) is 3.71. The third-order valence-corrected chi connectivity index (χ3v) is 3.71. The number of hydrogen-bond donors (Lipinski definition) is 2. The van der Waals surface area contributed by atoms with Gasteiger partial charge in [-0.15, -0.1) is 0 Å². The molecule has 0 aromatic rings. The molecule has 0 spiro atoms. The largest absolute Gasteiger partial charge is 0.480 e. The summed E-state index contributed by atoms with van der Waals surface area (Å²) in [5, 5.41) is 12.9. The molecule has 1 fully saturated rings. The van der Waals surface area contributed by atoms with Crippen molar-refractivity contribution in [1.29, 1.82) is 0 Å². The predicted molar refractivity (Wildman–Crippen MR) is 69.2 cm³/mol. The Bertz CT molecular complexity index is 250. The van der Waals surface area contributed by atoms with Crippen LogP contribution in [0.4, 0.5) is 0 Å². The van der Waals surface area contributed by atoms with Gasteiger partial charge >= 0.3 is 5.97 Å². The summed E-state index contributed by atoms with van der Waals surface area (Å²) in [5.41, 5.74) is -0.720. The molecule has 100 valence electrons. The smallest absolute Gasteiger partial charge is 0.325 e. The standard InChI is InChI=1S/C13H26N2O2/c1-4-9-14-13(12(16)17,11-7-8-11)10-15(5-2)6-3/h11,14H,4-10H2,1-3H3,(H,16,17). The quantitative estimate of drug-likeness (QED) is 0.644. The fourth-order valence-electron chi connectivity index (χ4n) is 2.37. The summed E-state index contributed by atoms with van der Waals surface area (Å²) in [6.07, 6.45) is 3.06. The first-order valence-electron chi connectivity index (χ1n) is 6.81. The van der Waals surface area contributed by atoms with Gasteiger partial charge in [0, 0.05) is 6.54 Å². The van der Waals surface area contributed by atoms with Crippen LogP contribution in [0.15, 0.2) is 0 Å². The Balaban J connectivity index is 2.77. The number of nitrogens with zero attached hydrogens (tertiary/aromatic N) is 1. The van der Waals surface area contributed by atoms with Crippen molar-refractivity contribution >= 4 is 5.97 Å². The zero-order chi connectivity index (χ0) is 12.9. The van der Waals surface area contributed by atoms with Gasteiger partial charge in [-0.3, -0.25) is 4.79 Å². The lowest BCUT2D eigenvalue weighted by atomic mass is 9.92. The molecule has 0 aromatic carbocycles. The third kappa shape index (κ3) is 3.42. The first kappa shape index (κ1) is 14.5. The van der Waals surface area contributed by atoms with E-state index in [0.29, 0.717) is 12.5 Å². The zero-order valence-corrected chi connectivity index (χ0v) is 11.3. The molecule has 0 saturated heterocycles. The molecule has 1 rings (SSSR count). The van der Waals surface area contributed by atoms with Crippen LogP contribution < -0.4 is 5.32 Å². The summed E-state index contributed by atoms with van der Waals surface area (Å²) in [4.78, 5) is 13.9. The van der Waals surface area contributed by atoms with Crippen LogP contribution in [0.5, 0.6) is 0 Å². The Kier molecular flexibility index (Phi) is 5.40. The SMILES string of the molecule is CCCNC(CN(CC)CC)(C(=O)O)C1CC1. The van der Waals surface area contributed by atoms with Crippen LogP contribution in [0.2, 0.25) is 0 Å². The normalized spacial score (nSPS) is 19.3. The van der Waals surface area contributed by atoms with Gasteiger partial charge in [0.2, 0.25) is 0 Å². The Morgan fingerprint density at radius 3 is 2.29 bits per heavy atom. The minimum atomic E-state index is -0.720. The summed E-state index contributed by atoms with van der Waals surface area (Å²) in [7, 11) is 0. The molecular weight excluding hydrogens is 216 g/mol. The summed E-state index contributed by atoms with van der Waals surface area (Å²) in [5.74, 6) is -0.368. The average Bonchev–Trinajstić information content (AvgIpc) is 3.14. The van der Waals surface area contributed by atoms with E-state index in [1.165, 1.54) is 0 Å². The number of nitrogens with one attached hydrogen (secondary N) is 1. The van der Waals surface area contributed by atoms with Gasteiger partial charge in [0.1, 0.15) is 5.54 Å². The van der Waals surface area contributed by atoms with Crippen LogP contribution in [0.3, 0.4) is 0 Å². The van der Waals surface area contributed by atoms with Gasteiger partial charge in [-0.05, 0) is 44.8 Å². The molecule has 2 N–H and O–H groups in total. The second kappa shape index (κ2) is 6.36. The molecule has 1 atom stereocenters. The molecule has 0 aromatic heterocycles. The van der Waals surface area contributed by atoms with Gasteiger partial charge in [-0.25, -0.2) is 0 Å². The molecule has 1 aliphatic rings. The molecule has 0 heterocycles. The van der Waals surface area contributed by atoms with Crippen LogP contribution in [0.25, 0.3) is 0 Å². The van der Waals surface area contributed by atoms with Crippen LogP contribution in [-0.4, -0.2) is 47.7 Å². The Morgan fingerprint density at radius 1 is 1.35 bits per heavy atom. The molecule has 1 saturated carbocycles. The van der Waals surface area contributed by atoms with Crippen LogP contribution in [0.1, 0.15) is 40.0 Å². The van der Waals surface area contributed by atoms with E-state index in [9.17, 15) is 9.90 Å². The van der Waals surface area contributed by atoms with Crippen molar-refractivity contribution in [1.82, 2.24) is 10.2 Å². The highest BCUT2D eigenvalue weighted by atomic mass is 16.4. The second-order valence-corrected chi connectivity index (χ2v) is 4.94. The first-order valence-corrected chi connectivity index (χ1v) is 6.81. The highest BCUT2D eigenvalue weighted by Crippen LogP contribution is 2.40. The van der Waals surface area contributed by atoms with Crippen molar-refractivity contribution < 1.29 is 9.90 Å². The predicted octanol–water partition coefficient (Wildman–Crippen LogP) is 1.56. The van der Waals surface area contributed by atoms with Crippen molar-refractivity contribution in [2.75, 3.05) is 26.2 Å². The Morgan fingerprint density at radius 2 is 1.94 bits per heavy atom. The number of carbonyl (C=O) groups is 1. The van der Waals surface area contributed by atoms with E-state index in [1.807, 2.05) is 0 Å². The Labute approximate surface area is 104 Å². The van der Waals surface area contributed by atoms with Gasteiger partial charge in [0.15, 0.2) is 0 Å². The average molecular weight is 242 g/mol. The molecule has 0 amide bonds. The van der Waals surface area contributed by atoms with Crippen molar-refractivity contribution in [3.63, 3.8) is 0 Å². The van der Waals surface area contributed by atoms with E-state index in [4.69, 9.17) is 0 Å². The number of carboxylic acids is 1. The maximum absolute atomic E-state index is 11.7. The van der Waals surface area contributed by atoms with E-state index in [0.717, 1.165) is 38.9 Å². The molecular formula is C13H26N2O2. The summed E-state index contributed by atoms with van der Waals surface area (Å²) < 4.78 is 0. The lowest BCUT2D eigenvalue weighted by molar-refractivity contribution is -0.147. The molecule has 4 nitrogen and oxygen atoms in total. The minimum absolute atomic E-state index is 0.312. The second-order valence-electron chi connectivity index (χ2n) is 4.94. The van der Waals surface area contributed by atoms with Crippen molar-refractivity contribution in [3.8, 4) is 0 Å². The molecule has 1 aliphatic carbocycles. The lowest BCUT2D eigenvalue weighted by Gasteiger charge is -2.35. The maximum atomic E-state index is 11.7. The topological polar surface area (TPSA) is 52.6 Å².